The number of ether oxygens (including phenoxy) is 1. The highest BCUT2D eigenvalue weighted by Gasteiger charge is 2.28. The molecule has 2 aromatic carbocycles. The average molecular weight is 435 g/mol. The number of amides is 1. The lowest BCUT2D eigenvalue weighted by Gasteiger charge is -2.09. The van der Waals surface area contributed by atoms with Crippen LogP contribution in [0, 0.1) is 5.82 Å². The Morgan fingerprint density at radius 1 is 1.27 bits per heavy atom. The Kier molecular flexibility index (Phi) is 5.68. The molecule has 1 heterocycles. The van der Waals surface area contributed by atoms with Crippen molar-refractivity contribution in [1.82, 2.24) is 10.2 Å². The van der Waals surface area contributed by atoms with Gasteiger partial charge >= 0.3 is 0 Å². The van der Waals surface area contributed by atoms with E-state index in [1.54, 1.807) is 18.2 Å². The van der Waals surface area contributed by atoms with E-state index >= 15 is 0 Å². The summed E-state index contributed by atoms with van der Waals surface area (Å²) in [6.07, 6.45) is 1.75. The maximum absolute atomic E-state index is 12.9. The second-order valence-electron chi connectivity index (χ2n) is 5.64. The van der Waals surface area contributed by atoms with Crippen molar-refractivity contribution in [3.63, 3.8) is 0 Å². The molecule has 1 N–H and O–H groups in total. The van der Waals surface area contributed by atoms with Crippen LogP contribution in [-0.2, 0) is 11.4 Å². The zero-order valence-electron chi connectivity index (χ0n) is 14.0. The molecule has 0 atom stereocenters. The molecular weight excluding hydrogens is 419 g/mol. The second kappa shape index (κ2) is 7.97. The van der Waals surface area contributed by atoms with E-state index < -0.39 is 0 Å². The van der Waals surface area contributed by atoms with Crippen LogP contribution in [0.5, 0.6) is 5.75 Å². The molecule has 1 aliphatic heterocycles. The van der Waals surface area contributed by atoms with Crippen LogP contribution in [0.15, 0.2) is 52.6 Å². The van der Waals surface area contributed by atoms with Gasteiger partial charge in [-0.05, 0) is 76.5 Å². The lowest BCUT2D eigenvalue weighted by molar-refractivity contribution is -0.122. The molecule has 0 saturated carbocycles. The van der Waals surface area contributed by atoms with Gasteiger partial charge in [0.2, 0.25) is 0 Å². The topological polar surface area (TPSA) is 41.6 Å². The van der Waals surface area contributed by atoms with E-state index in [1.807, 2.05) is 25.1 Å². The third kappa shape index (κ3) is 4.11. The predicted molar refractivity (Wildman–Crippen MR) is 106 cm³/mol. The minimum atomic E-state index is -0.275. The highest BCUT2D eigenvalue weighted by molar-refractivity contribution is 9.10. The summed E-state index contributed by atoms with van der Waals surface area (Å²) in [6.45, 7) is 2.74. The maximum atomic E-state index is 12.9. The van der Waals surface area contributed by atoms with E-state index in [4.69, 9.17) is 17.0 Å². The number of nitrogens with zero attached hydrogens (tertiary/aromatic N) is 1. The van der Waals surface area contributed by atoms with Gasteiger partial charge in [-0.25, -0.2) is 4.39 Å². The summed E-state index contributed by atoms with van der Waals surface area (Å²) >= 11 is 8.62. The van der Waals surface area contributed by atoms with Crippen molar-refractivity contribution in [2.45, 2.75) is 13.5 Å². The number of benzene rings is 2. The summed E-state index contributed by atoms with van der Waals surface area (Å²) in [5.74, 6) is 0.252. The molecule has 1 saturated heterocycles. The fraction of sp³-hybridized carbons (Fsp3) is 0.158. The standard InChI is InChI=1S/C19H16BrFN2O2S/c1-2-23-18(24)16(22-19(23)26)10-13-5-8-17(15(20)9-13)25-11-12-3-6-14(21)7-4-12/h3-10H,2,11H2,1H3,(H,22,26)/b16-10-. The van der Waals surface area contributed by atoms with Gasteiger partial charge in [0.25, 0.3) is 5.91 Å². The van der Waals surface area contributed by atoms with Crippen molar-refractivity contribution in [3.05, 3.63) is 69.6 Å². The number of halogens is 2. The van der Waals surface area contributed by atoms with Gasteiger partial charge in [0, 0.05) is 6.54 Å². The Morgan fingerprint density at radius 3 is 2.62 bits per heavy atom. The minimum Gasteiger partial charge on any atom is -0.488 e. The van der Waals surface area contributed by atoms with Crippen LogP contribution in [-0.4, -0.2) is 22.5 Å². The van der Waals surface area contributed by atoms with Crippen LogP contribution < -0.4 is 10.1 Å². The van der Waals surface area contributed by atoms with E-state index in [0.717, 1.165) is 15.6 Å². The SMILES string of the molecule is CCN1C(=O)/C(=C/c2ccc(OCc3ccc(F)cc3)c(Br)c2)NC1=S. The molecule has 26 heavy (non-hydrogen) atoms. The molecule has 0 aromatic heterocycles. The molecule has 0 spiro atoms. The normalized spacial score (nSPS) is 15.5. The minimum absolute atomic E-state index is 0.134. The summed E-state index contributed by atoms with van der Waals surface area (Å²) in [5.41, 5.74) is 2.16. The third-order valence-corrected chi connectivity index (χ3v) is 4.80. The molecule has 2 aromatic rings. The zero-order valence-corrected chi connectivity index (χ0v) is 16.4. The number of nitrogens with one attached hydrogen (secondary N) is 1. The van der Waals surface area contributed by atoms with Gasteiger partial charge in [-0.2, -0.15) is 0 Å². The smallest absolute Gasteiger partial charge is 0.276 e. The Bertz CT molecular complexity index is 884. The zero-order chi connectivity index (χ0) is 18.7. The van der Waals surface area contributed by atoms with Crippen LogP contribution in [0.3, 0.4) is 0 Å². The van der Waals surface area contributed by atoms with Crippen molar-refractivity contribution in [3.8, 4) is 5.75 Å². The quantitative estimate of drug-likeness (QED) is 0.564. The Balaban J connectivity index is 1.71. The maximum Gasteiger partial charge on any atom is 0.276 e. The Hall–Kier alpha value is -2.25. The molecule has 7 heteroatoms. The van der Waals surface area contributed by atoms with Crippen molar-refractivity contribution < 1.29 is 13.9 Å². The van der Waals surface area contributed by atoms with Crippen molar-refractivity contribution in [1.29, 1.82) is 0 Å². The average Bonchev–Trinajstić information content (AvgIpc) is 2.88. The molecule has 0 radical (unpaired) electrons. The van der Waals surface area contributed by atoms with E-state index in [2.05, 4.69) is 21.2 Å². The number of hydrogen-bond donors (Lipinski definition) is 1. The molecule has 0 bridgehead atoms. The number of hydrogen-bond acceptors (Lipinski definition) is 3. The van der Waals surface area contributed by atoms with Crippen molar-refractivity contribution in [2.24, 2.45) is 0 Å². The van der Waals surface area contributed by atoms with E-state index in [-0.39, 0.29) is 11.7 Å². The second-order valence-corrected chi connectivity index (χ2v) is 6.88. The van der Waals surface area contributed by atoms with Crippen LogP contribution in [0.4, 0.5) is 4.39 Å². The largest absolute Gasteiger partial charge is 0.488 e. The summed E-state index contributed by atoms with van der Waals surface area (Å²) < 4.78 is 19.4. The predicted octanol–water partition coefficient (Wildman–Crippen LogP) is 4.24. The first kappa shape index (κ1) is 18.5. The van der Waals surface area contributed by atoms with Crippen molar-refractivity contribution in [2.75, 3.05) is 6.54 Å². The summed E-state index contributed by atoms with van der Waals surface area (Å²) in [4.78, 5) is 13.7. The number of carbonyl (C=O) groups excluding carboxylic acids is 1. The van der Waals surface area contributed by atoms with Gasteiger partial charge in [0.1, 0.15) is 23.9 Å². The number of likely N-dealkylation sites (N-methyl/N-ethyl adjacent to an activating group) is 1. The van der Waals surface area contributed by atoms with Crippen LogP contribution in [0.25, 0.3) is 6.08 Å². The van der Waals surface area contributed by atoms with Crippen LogP contribution in [0.1, 0.15) is 18.1 Å². The first-order valence-corrected chi connectivity index (χ1v) is 9.19. The third-order valence-electron chi connectivity index (χ3n) is 3.85. The highest BCUT2D eigenvalue weighted by Crippen LogP contribution is 2.28. The highest BCUT2D eigenvalue weighted by atomic mass is 79.9. The summed E-state index contributed by atoms with van der Waals surface area (Å²) in [5, 5.41) is 3.35. The molecule has 0 unspecified atom stereocenters. The number of thiocarbonyl (C=S) groups is 1. The molecule has 3 rings (SSSR count). The first-order chi connectivity index (χ1) is 12.5. The van der Waals surface area contributed by atoms with E-state index in [1.165, 1.54) is 17.0 Å². The first-order valence-electron chi connectivity index (χ1n) is 7.99. The number of carbonyl (C=O) groups is 1. The van der Waals surface area contributed by atoms with Gasteiger partial charge in [-0.1, -0.05) is 18.2 Å². The lowest BCUT2D eigenvalue weighted by atomic mass is 10.2. The fourth-order valence-corrected chi connectivity index (χ4v) is 3.32. The van der Waals surface area contributed by atoms with Gasteiger partial charge in [0.15, 0.2) is 5.11 Å². The van der Waals surface area contributed by atoms with Crippen molar-refractivity contribution >= 4 is 45.2 Å². The summed E-state index contributed by atoms with van der Waals surface area (Å²) in [7, 11) is 0. The molecule has 1 fully saturated rings. The fourth-order valence-electron chi connectivity index (χ4n) is 2.49. The van der Waals surface area contributed by atoms with Crippen LogP contribution in [0.2, 0.25) is 0 Å². The van der Waals surface area contributed by atoms with Gasteiger partial charge in [-0.3, -0.25) is 9.69 Å². The van der Waals surface area contributed by atoms with Gasteiger partial charge < -0.3 is 10.1 Å². The Labute approximate surface area is 164 Å². The Morgan fingerprint density at radius 2 is 2.00 bits per heavy atom. The van der Waals surface area contributed by atoms with E-state index in [9.17, 15) is 9.18 Å². The molecule has 1 aliphatic rings. The van der Waals surface area contributed by atoms with Gasteiger partial charge in [0.05, 0.1) is 4.47 Å². The number of rotatable bonds is 5. The molecule has 134 valence electrons. The molecule has 0 aliphatic carbocycles. The van der Waals surface area contributed by atoms with Gasteiger partial charge in [-0.15, -0.1) is 0 Å². The molecule has 1 amide bonds. The monoisotopic (exact) mass is 434 g/mol. The van der Waals surface area contributed by atoms with Crippen LogP contribution >= 0.6 is 28.1 Å². The molecule has 4 nitrogen and oxygen atoms in total. The molecular formula is C19H16BrFN2O2S. The lowest BCUT2D eigenvalue weighted by Crippen LogP contribution is -2.30. The summed E-state index contributed by atoms with van der Waals surface area (Å²) in [6, 6.07) is 11.7. The van der Waals surface area contributed by atoms with E-state index in [0.29, 0.717) is 29.7 Å².